The zero-order chi connectivity index (χ0) is 47.2. The van der Waals surface area contributed by atoms with Gasteiger partial charge < -0.3 is 31.4 Å². The molecule has 0 saturated carbocycles. The number of rotatable bonds is 35. The van der Waals surface area contributed by atoms with Gasteiger partial charge in [-0.25, -0.2) is 10.7 Å². The number of nitrogens with two attached hydrogens (primary N) is 2. The van der Waals surface area contributed by atoms with E-state index in [4.69, 9.17) is 16.4 Å². The Morgan fingerprint density at radius 3 is 2.15 bits per heavy atom. The van der Waals surface area contributed by atoms with Crippen LogP contribution in [0, 0.1) is 5.92 Å². The number of hydrogen-bond donors (Lipinski definition) is 6. The lowest BCUT2D eigenvalue weighted by Gasteiger charge is -2.32. The van der Waals surface area contributed by atoms with Gasteiger partial charge in [-0.1, -0.05) is 108 Å². The average Bonchev–Trinajstić information content (AvgIpc) is 3.62. The number of carbonyl (C=O) groups is 3. The lowest BCUT2D eigenvalue weighted by atomic mass is 9.93. The highest BCUT2D eigenvalue weighted by molar-refractivity contribution is 5.87. The monoisotopic (exact) mass is 918 g/mol. The Bertz CT molecular complexity index is 1920. The molecule has 15 nitrogen and oxygen atoms in total. The van der Waals surface area contributed by atoms with Crippen LogP contribution in [0.5, 0.6) is 5.88 Å². The van der Waals surface area contributed by atoms with Crippen molar-refractivity contribution < 1.29 is 24.0 Å². The summed E-state index contributed by atoms with van der Waals surface area (Å²) in [6, 6.07) is 9.58. The fourth-order valence-corrected chi connectivity index (χ4v) is 8.57. The number of nitrogens with zero attached hydrogens (tertiary/aromatic N) is 3. The van der Waals surface area contributed by atoms with E-state index in [1.54, 1.807) is 10.6 Å². The van der Waals surface area contributed by atoms with Gasteiger partial charge in [0.25, 0.3) is 0 Å². The molecule has 368 valence electrons. The van der Waals surface area contributed by atoms with Crippen LogP contribution in [0.2, 0.25) is 0 Å². The van der Waals surface area contributed by atoms with Gasteiger partial charge in [-0.05, 0) is 107 Å². The van der Waals surface area contributed by atoms with Crippen LogP contribution in [0.1, 0.15) is 166 Å². The van der Waals surface area contributed by atoms with E-state index in [0.717, 1.165) is 83.0 Å². The van der Waals surface area contributed by atoms with Crippen LogP contribution < -0.4 is 38.0 Å². The third kappa shape index (κ3) is 20.8. The van der Waals surface area contributed by atoms with Crippen LogP contribution in [0.4, 0.5) is 5.82 Å². The molecule has 0 aliphatic carbocycles. The molecule has 1 atom stereocenters. The first-order valence-corrected chi connectivity index (χ1v) is 25.3. The molecule has 3 amide bonds. The first-order valence-electron chi connectivity index (χ1n) is 25.3. The second-order valence-corrected chi connectivity index (χ2v) is 18.2. The minimum atomic E-state index is -0.612. The number of imidazole rings is 1. The number of pyridine rings is 1. The van der Waals surface area contributed by atoms with Gasteiger partial charge >= 0.3 is 5.69 Å². The number of nitrogen functional groups attached to an aromatic ring is 1. The van der Waals surface area contributed by atoms with Gasteiger partial charge in [-0.3, -0.25) is 28.7 Å². The van der Waals surface area contributed by atoms with Crippen LogP contribution >= 0.6 is 0 Å². The van der Waals surface area contributed by atoms with Crippen molar-refractivity contribution in [2.24, 2.45) is 11.8 Å². The summed E-state index contributed by atoms with van der Waals surface area (Å²) in [6.07, 6.45) is 27.4. The Hall–Kier alpha value is -4.73. The molecule has 1 saturated heterocycles. The molecule has 1 aliphatic heterocycles. The van der Waals surface area contributed by atoms with E-state index >= 15 is 0 Å². The Balaban J connectivity index is 1.14. The van der Waals surface area contributed by atoms with Crippen molar-refractivity contribution in [2.45, 2.75) is 174 Å². The number of likely N-dealkylation sites (tertiary alicyclic amines) is 1. The van der Waals surface area contributed by atoms with Crippen LogP contribution in [-0.2, 0) is 32.3 Å². The number of piperidine rings is 1. The number of benzene rings is 1. The third-order valence-electron chi connectivity index (χ3n) is 12.6. The number of nitrogens with one attached hydrogen (secondary N) is 4. The van der Waals surface area contributed by atoms with Crippen LogP contribution in [0.15, 0.2) is 47.3 Å². The highest BCUT2D eigenvalue weighted by Crippen LogP contribution is 2.24. The Labute approximate surface area is 393 Å². The van der Waals surface area contributed by atoms with Gasteiger partial charge in [-0.15, -0.1) is 0 Å². The van der Waals surface area contributed by atoms with Crippen LogP contribution in [0.3, 0.4) is 0 Å². The molecule has 1 unspecified atom stereocenters. The molecule has 66 heavy (non-hydrogen) atoms. The standard InChI is InChI=1S/C51H83N9O6/c1-3-5-7-8-9-10-11-12-13-14-15-16-17-18-19-23-45(61)56-43(22-20-21-31-54-46(62)39-66-53)50(63)55-32-28-40-29-33-59(34-30-40)37-41-24-26-42(27-25-41)38-60-44-36-47(65-35-6-4-2)57-49(52)48(44)58-51(60)64/h12-13,24-27,36,40,43H,3-11,14-23,28-35,37-39,53H2,1-2H3,(H2,52,57)(H,54,62)(H,55,63)(H,56,61)(H,58,64)/b13-12-. The molecule has 4 rings (SSSR count). The highest BCUT2D eigenvalue weighted by atomic mass is 16.6. The molecule has 2 aromatic heterocycles. The molecule has 0 bridgehead atoms. The summed E-state index contributed by atoms with van der Waals surface area (Å²) in [7, 11) is 0. The second-order valence-electron chi connectivity index (χ2n) is 18.2. The molecule has 3 heterocycles. The Morgan fingerprint density at radius 1 is 0.818 bits per heavy atom. The summed E-state index contributed by atoms with van der Waals surface area (Å²) in [5.74, 6) is 5.64. The van der Waals surface area contributed by atoms with Crippen molar-refractivity contribution in [3.63, 3.8) is 0 Å². The smallest absolute Gasteiger partial charge is 0.326 e. The number of unbranched alkanes of at least 4 members (excludes halogenated alkanes) is 13. The molecule has 3 aromatic rings. The third-order valence-corrected chi connectivity index (χ3v) is 12.6. The topological polar surface area (TPSA) is 212 Å². The summed E-state index contributed by atoms with van der Waals surface area (Å²) < 4.78 is 7.46. The van der Waals surface area contributed by atoms with E-state index in [2.05, 4.69) is 85.9 Å². The lowest BCUT2D eigenvalue weighted by Crippen LogP contribution is -2.47. The van der Waals surface area contributed by atoms with Crippen molar-refractivity contribution in [1.82, 2.24) is 35.4 Å². The van der Waals surface area contributed by atoms with E-state index in [9.17, 15) is 19.2 Å². The Kier molecular flexibility index (Phi) is 26.2. The number of H-pyrrole nitrogens is 1. The second kappa shape index (κ2) is 32.1. The minimum absolute atomic E-state index is 0.0848. The van der Waals surface area contributed by atoms with Gasteiger partial charge in [0.15, 0.2) is 5.82 Å². The molecule has 1 aromatic carbocycles. The van der Waals surface area contributed by atoms with Crippen molar-refractivity contribution in [2.75, 3.05) is 45.1 Å². The minimum Gasteiger partial charge on any atom is -0.478 e. The van der Waals surface area contributed by atoms with E-state index in [1.165, 1.54) is 63.4 Å². The number of ether oxygens (including phenoxy) is 1. The van der Waals surface area contributed by atoms with Crippen LogP contribution in [0.25, 0.3) is 11.0 Å². The normalized spacial score (nSPS) is 13.9. The lowest BCUT2D eigenvalue weighted by molar-refractivity contribution is -0.129. The van der Waals surface area contributed by atoms with E-state index in [1.807, 2.05) is 0 Å². The van der Waals surface area contributed by atoms with Gasteiger partial charge in [0.05, 0.1) is 18.7 Å². The van der Waals surface area contributed by atoms with Gasteiger partial charge in [0.1, 0.15) is 18.2 Å². The predicted molar refractivity (Wildman–Crippen MR) is 265 cm³/mol. The van der Waals surface area contributed by atoms with E-state index in [0.29, 0.717) is 74.8 Å². The number of fused-ring (bicyclic) bond motifs is 1. The summed E-state index contributed by atoms with van der Waals surface area (Å²) in [6.45, 7) is 8.91. The van der Waals surface area contributed by atoms with Crippen molar-refractivity contribution in [3.8, 4) is 5.88 Å². The maximum absolute atomic E-state index is 13.4. The van der Waals surface area contributed by atoms with Gasteiger partial charge in [-0.2, -0.15) is 4.98 Å². The summed E-state index contributed by atoms with van der Waals surface area (Å²) >= 11 is 0. The summed E-state index contributed by atoms with van der Waals surface area (Å²) in [5, 5.41) is 8.89. The van der Waals surface area contributed by atoms with Crippen molar-refractivity contribution in [3.05, 3.63) is 64.1 Å². The van der Waals surface area contributed by atoms with Crippen molar-refractivity contribution in [1.29, 1.82) is 0 Å². The van der Waals surface area contributed by atoms with E-state index in [-0.39, 0.29) is 35.8 Å². The molecule has 8 N–H and O–H groups in total. The Morgan fingerprint density at radius 2 is 1.47 bits per heavy atom. The maximum Gasteiger partial charge on any atom is 0.326 e. The number of aromatic nitrogens is 3. The molecular weight excluding hydrogens is 835 g/mol. The van der Waals surface area contributed by atoms with Gasteiger partial charge in [0, 0.05) is 32.1 Å². The first kappa shape index (κ1) is 53.9. The quantitative estimate of drug-likeness (QED) is 0.0190. The number of amides is 3. The zero-order valence-electron chi connectivity index (χ0n) is 40.4. The zero-order valence-corrected chi connectivity index (χ0v) is 40.4. The molecule has 0 spiro atoms. The highest BCUT2D eigenvalue weighted by Gasteiger charge is 2.23. The number of aromatic amines is 1. The van der Waals surface area contributed by atoms with Crippen LogP contribution in [-0.4, -0.2) is 82.6 Å². The molecule has 0 radical (unpaired) electrons. The number of allylic oxidation sites excluding steroid dienone is 2. The predicted octanol–water partition coefficient (Wildman–Crippen LogP) is 7.95. The number of anilines is 1. The van der Waals surface area contributed by atoms with Crippen molar-refractivity contribution >= 4 is 34.6 Å². The van der Waals surface area contributed by atoms with E-state index < -0.39 is 6.04 Å². The number of carbonyl (C=O) groups excluding carboxylic acids is 3. The SMILES string of the molecule is CCCCCCCC/C=C\CCCCCCCC(=O)NC(CCCCNC(=O)CON)C(=O)NCCC1CCN(Cc2ccc(Cn3c(=O)[nH]c4c(N)nc(OCCCC)cc43)cc2)CC1. The van der Waals surface area contributed by atoms with Gasteiger partial charge in [0.2, 0.25) is 23.6 Å². The maximum atomic E-state index is 13.4. The summed E-state index contributed by atoms with van der Waals surface area (Å²) in [5.41, 5.74) is 9.34. The molecule has 1 aliphatic rings. The molecular formula is C51H83N9O6. The molecule has 15 heteroatoms. The average molecular weight is 918 g/mol. The fourth-order valence-electron chi connectivity index (χ4n) is 8.57. The number of hydrogen-bond acceptors (Lipinski definition) is 10. The molecule has 1 fully saturated rings. The first-order chi connectivity index (χ1) is 32.2. The fraction of sp³-hybridized carbons (Fsp3) is 0.667. The largest absolute Gasteiger partial charge is 0.478 e. The summed E-state index contributed by atoms with van der Waals surface area (Å²) in [4.78, 5) is 65.1.